The summed E-state index contributed by atoms with van der Waals surface area (Å²) in [6.07, 6.45) is 1.72. The number of aromatic amines is 1. The van der Waals surface area contributed by atoms with Gasteiger partial charge in [0.25, 0.3) is 15.9 Å². The molecule has 2 heterocycles. The normalized spacial score (nSPS) is 16.2. The summed E-state index contributed by atoms with van der Waals surface area (Å²) in [7, 11) is -2.40. The SMILES string of the molecule is CN(CC1CCCO1)C(=O)c1cc(=O)[nH]c2ccc(S(=O)(=O)Nc3ccc(F)cc3)cc12. The molecular weight excluding hydrogens is 437 g/mol. The van der Waals surface area contributed by atoms with E-state index in [0.29, 0.717) is 24.1 Å². The number of carbonyl (C=O) groups is 1. The Kier molecular flexibility index (Phi) is 5.98. The molecule has 32 heavy (non-hydrogen) atoms. The zero-order valence-electron chi connectivity index (χ0n) is 17.3. The highest BCUT2D eigenvalue weighted by atomic mass is 32.2. The van der Waals surface area contributed by atoms with Crippen molar-refractivity contribution in [3.05, 3.63) is 70.3 Å². The maximum atomic E-state index is 13.1. The van der Waals surface area contributed by atoms with Crippen molar-refractivity contribution in [2.24, 2.45) is 0 Å². The summed E-state index contributed by atoms with van der Waals surface area (Å²) >= 11 is 0. The van der Waals surface area contributed by atoms with Crippen LogP contribution in [0, 0.1) is 5.82 Å². The quantitative estimate of drug-likeness (QED) is 0.589. The number of amides is 1. The number of benzene rings is 2. The summed E-state index contributed by atoms with van der Waals surface area (Å²) in [4.78, 5) is 29.2. The molecule has 0 spiro atoms. The van der Waals surface area contributed by atoms with Gasteiger partial charge in [-0.25, -0.2) is 12.8 Å². The number of hydrogen-bond acceptors (Lipinski definition) is 5. The molecule has 4 rings (SSSR count). The van der Waals surface area contributed by atoms with E-state index in [4.69, 9.17) is 4.74 Å². The number of aromatic nitrogens is 1. The van der Waals surface area contributed by atoms with Crippen LogP contribution in [0.5, 0.6) is 0 Å². The first-order valence-corrected chi connectivity index (χ1v) is 11.5. The summed E-state index contributed by atoms with van der Waals surface area (Å²) < 4.78 is 46.8. The molecule has 1 unspecified atom stereocenters. The first-order chi connectivity index (χ1) is 15.2. The smallest absolute Gasteiger partial charge is 0.261 e. The molecule has 8 nitrogen and oxygen atoms in total. The first kappa shape index (κ1) is 22.0. The minimum absolute atomic E-state index is 0.0620. The number of H-pyrrole nitrogens is 1. The van der Waals surface area contributed by atoms with Gasteiger partial charge in [-0.1, -0.05) is 0 Å². The van der Waals surface area contributed by atoms with Crippen LogP contribution in [0.25, 0.3) is 10.9 Å². The second-order valence-electron chi connectivity index (χ2n) is 7.69. The van der Waals surface area contributed by atoms with Crippen LogP contribution in [0.15, 0.2) is 58.2 Å². The van der Waals surface area contributed by atoms with E-state index in [-0.39, 0.29) is 22.3 Å². The van der Waals surface area contributed by atoms with Gasteiger partial charge in [0.15, 0.2) is 0 Å². The monoisotopic (exact) mass is 459 g/mol. The van der Waals surface area contributed by atoms with Crippen LogP contribution in [-0.2, 0) is 14.8 Å². The van der Waals surface area contributed by atoms with Crippen molar-refractivity contribution in [1.29, 1.82) is 0 Å². The van der Waals surface area contributed by atoms with Crippen LogP contribution >= 0.6 is 0 Å². The predicted molar refractivity (Wildman–Crippen MR) is 118 cm³/mol. The number of sulfonamides is 1. The third-order valence-corrected chi connectivity index (χ3v) is 6.68. The molecule has 3 aromatic rings. The molecule has 0 saturated carbocycles. The van der Waals surface area contributed by atoms with E-state index in [1.807, 2.05) is 0 Å². The molecule has 168 valence electrons. The van der Waals surface area contributed by atoms with E-state index in [1.165, 1.54) is 41.3 Å². The van der Waals surface area contributed by atoms with E-state index in [9.17, 15) is 22.4 Å². The molecule has 0 bridgehead atoms. The van der Waals surface area contributed by atoms with Gasteiger partial charge < -0.3 is 14.6 Å². The van der Waals surface area contributed by atoms with Crippen molar-refractivity contribution < 1.29 is 22.3 Å². The summed E-state index contributed by atoms with van der Waals surface area (Å²) in [5, 5.41) is 0.302. The number of pyridine rings is 1. The maximum Gasteiger partial charge on any atom is 0.261 e. The number of rotatable bonds is 6. The van der Waals surface area contributed by atoms with Crippen molar-refractivity contribution in [2.75, 3.05) is 24.9 Å². The van der Waals surface area contributed by atoms with Crippen molar-refractivity contribution >= 4 is 32.5 Å². The molecule has 1 aromatic heterocycles. The largest absolute Gasteiger partial charge is 0.376 e. The van der Waals surface area contributed by atoms with E-state index in [2.05, 4.69) is 9.71 Å². The van der Waals surface area contributed by atoms with Gasteiger partial charge in [-0.05, 0) is 55.3 Å². The third-order valence-electron chi connectivity index (χ3n) is 5.30. The molecule has 1 aliphatic heterocycles. The zero-order valence-corrected chi connectivity index (χ0v) is 18.1. The molecule has 1 amide bonds. The summed E-state index contributed by atoms with van der Waals surface area (Å²) in [6, 6.07) is 10.2. The molecule has 10 heteroatoms. The Morgan fingerprint density at radius 1 is 1.22 bits per heavy atom. The van der Waals surface area contributed by atoms with Crippen LogP contribution in [0.4, 0.5) is 10.1 Å². The number of nitrogens with zero attached hydrogens (tertiary/aromatic N) is 1. The maximum absolute atomic E-state index is 13.1. The fourth-order valence-corrected chi connectivity index (χ4v) is 4.78. The Labute approximate surface area is 184 Å². The van der Waals surface area contributed by atoms with Crippen molar-refractivity contribution in [2.45, 2.75) is 23.8 Å². The van der Waals surface area contributed by atoms with Crippen molar-refractivity contribution in [1.82, 2.24) is 9.88 Å². The second kappa shape index (κ2) is 8.71. The fourth-order valence-electron chi connectivity index (χ4n) is 3.69. The topological polar surface area (TPSA) is 109 Å². The van der Waals surface area contributed by atoms with Crippen molar-refractivity contribution in [3.8, 4) is 0 Å². The summed E-state index contributed by atoms with van der Waals surface area (Å²) in [5.74, 6) is -0.893. The fraction of sp³-hybridized carbons (Fsp3) is 0.273. The Balaban J connectivity index is 1.69. The van der Waals surface area contributed by atoms with E-state index < -0.39 is 27.3 Å². The van der Waals surface area contributed by atoms with Crippen molar-refractivity contribution in [3.63, 3.8) is 0 Å². The predicted octanol–water partition coefficient (Wildman–Crippen LogP) is 2.72. The highest BCUT2D eigenvalue weighted by Crippen LogP contribution is 2.24. The molecule has 0 aliphatic carbocycles. The average Bonchev–Trinajstić information content (AvgIpc) is 3.26. The van der Waals surface area contributed by atoms with Gasteiger partial charge in [0, 0.05) is 42.9 Å². The molecule has 1 saturated heterocycles. The molecule has 2 aromatic carbocycles. The van der Waals surface area contributed by atoms with E-state index in [0.717, 1.165) is 25.0 Å². The number of nitrogens with one attached hydrogen (secondary N) is 2. The van der Waals surface area contributed by atoms with E-state index >= 15 is 0 Å². The van der Waals surface area contributed by atoms with Crippen LogP contribution in [0.2, 0.25) is 0 Å². The number of halogens is 1. The van der Waals surface area contributed by atoms with Gasteiger partial charge in [-0.15, -0.1) is 0 Å². The Morgan fingerprint density at radius 2 is 1.97 bits per heavy atom. The highest BCUT2D eigenvalue weighted by Gasteiger charge is 2.23. The Bertz CT molecular complexity index is 1320. The molecule has 1 fully saturated rings. The van der Waals surface area contributed by atoms with Crippen LogP contribution in [-0.4, -0.2) is 50.5 Å². The van der Waals surface area contributed by atoms with Gasteiger partial charge in [0.2, 0.25) is 5.56 Å². The third kappa shape index (κ3) is 4.66. The van der Waals surface area contributed by atoms with Gasteiger partial charge in [0.1, 0.15) is 5.82 Å². The van der Waals surface area contributed by atoms with Gasteiger partial charge in [-0.2, -0.15) is 0 Å². The standard InChI is InChI=1S/C22H22FN3O5S/c1-26(13-16-3-2-10-31-16)22(28)19-12-21(27)24-20-9-8-17(11-18(19)20)32(29,30)25-15-6-4-14(23)5-7-15/h4-9,11-12,16,25H,2-3,10,13H2,1H3,(H,24,27). The molecule has 2 N–H and O–H groups in total. The van der Waals surface area contributed by atoms with Gasteiger partial charge >= 0.3 is 0 Å². The number of anilines is 1. The van der Waals surface area contributed by atoms with Gasteiger partial charge in [0.05, 0.1) is 16.6 Å². The lowest BCUT2D eigenvalue weighted by Crippen LogP contribution is -2.34. The van der Waals surface area contributed by atoms with Crippen LogP contribution < -0.4 is 10.3 Å². The second-order valence-corrected chi connectivity index (χ2v) is 9.37. The van der Waals surface area contributed by atoms with Gasteiger partial charge in [-0.3, -0.25) is 14.3 Å². The number of carbonyl (C=O) groups excluding carboxylic acids is 1. The molecule has 1 aliphatic rings. The lowest BCUT2D eigenvalue weighted by atomic mass is 10.1. The van der Waals surface area contributed by atoms with Crippen LogP contribution in [0.1, 0.15) is 23.2 Å². The highest BCUT2D eigenvalue weighted by molar-refractivity contribution is 7.92. The number of hydrogen-bond donors (Lipinski definition) is 2. The molecular formula is C22H22FN3O5S. The minimum Gasteiger partial charge on any atom is -0.376 e. The molecule has 1 atom stereocenters. The lowest BCUT2D eigenvalue weighted by molar-refractivity contribution is 0.0588. The summed E-state index contributed by atoms with van der Waals surface area (Å²) in [5.41, 5.74) is 0.169. The number of fused-ring (bicyclic) bond motifs is 1. The Hall–Kier alpha value is -3.24. The Morgan fingerprint density at radius 3 is 2.66 bits per heavy atom. The summed E-state index contributed by atoms with van der Waals surface area (Å²) in [6.45, 7) is 1.03. The molecule has 0 radical (unpaired) electrons. The zero-order chi connectivity index (χ0) is 22.9. The first-order valence-electron chi connectivity index (χ1n) is 10.1. The number of ether oxygens (including phenoxy) is 1. The average molecular weight is 459 g/mol. The van der Waals surface area contributed by atoms with E-state index in [1.54, 1.807) is 7.05 Å². The lowest BCUT2D eigenvalue weighted by Gasteiger charge is -2.21. The van der Waals surface area contributed by atoms with Crippen LogP contribution in [0.3, 0.4) is 0 Å². The number of likely N-dealkylation sites (N-methyl/N-ethyl adjacent to an activating group) is 1. The minimum atomic E-state index is -4.02.